The van der Waals surface area contributed by atoms with Gasteiger partial charge in [0.2, 0.25) is 5.95 Å². The van der Waals surface area contributed by atoms with E-state index in [2.05, 4.69) is 41.3 Å². The monoisotopic (exact) mass is 494 g/mol. The predicted octanol–water partition coefficient (Wildman–Crippen LogP) is 6.63. The summed E-state index contributed by atoms with van der Waals surface area (Å²) >= 11 is 3.45. The minimum atomic E-state index is -4.76. The number of alkyl halides is 3. The van der Waals surface area contributed by atoms with Crippen molar-refractivity contribution >= 4 is 27.7 Å². The molecule has 0 amide bonds. The topological polar surface area (TPSA) is 59.1 Å². The lowest BCUT2D eigenvalue weighted by Crippen LogP contribution is -2.17. The summed E-state index contributed by atoms with van der Waals surface area (Å²) in [5.74, 6) is 0.646. The lowest BCUT2D eigenvalue weighted by atomic mass is 10.1. The first kappa shape index (κ1) is 22.9. The summed E-state index contributed by atoms with van der Waals surface area (Å²) in [6, 6.07) is 15.4. The number of rotatable bonds is 8. The Hall–Kier alpha value is -2.81. The quantitative estimate of drug-likeness (QED) is 0.368. The zero-order valence-electron chi connectivity index (χ0n) is 17.0. The van der Waals surface area contributed by atoms with Crippen LogP contribution < -0.4 is 15.4 Å². The van der Waals surface area contributed by atoms with E-state index >= 15 is 0 Å². The van der Waals surface area contributed by atoms with Crippen LogP contribution in [-0.4, -0.2) is 22.4 Å². The fraction of sp³-hybridized carbons (Fsp3) is 0.273. The van der Waals surface area contributed by atoms with Crippen LogP contribution in [0.4, 0.5) is 24.9 Å². The maximum absolute atomic E-state index is 12.6. The Morgan fingerprint density at radius 1 is 1.06 bits per heavy atom. The highest BCUT2D eigenvalue weighted by atomic mass is 79.9. The van der Waals surface area contributed by atoms with Crippen LogP contribution in [0.3, 0.4) is 0 Å². The molecule has 1 aromatic heterocycles. The van der Waals surface area contributed by atoms with Gasteiger partial charge in [0.05, 0.1) is 5.69 Å². The minimum absolute atomic E-state index is 0.132. The first-order chi connectivity index (χ1) is 14.7. The number of benzene rings is 2. The molecular weight excluding hydrogens is 473 g/mol. The summed E-state index contributed by atoms with van der Waals surface area (Å²) in [5.41, 5.74) is 2.01. The molecule has 3 rings (SSSR count). The summed E-state index contributed by atoms with van der Waals surface area (Å²) in [6.07, 6.45) is -3.90. The summed E-state index contributed by atoms with van der Waals surface area (Å²) in [4.78, 5) is 9.00. The first-order valence-electron chi connectivity index (χ1n) is 9.72. The summed E-state index contributed by atoms with van der Waals surface area (Å²) < 4.78 is 42.8. The van der Waals surface area contributed by atoms with Gasteiger partial charge in [0.1, 0.15) is 11.6 Å². The Kier molecular flexibility index (Phi) is 7.37. The SMILES string of the molecule is CC[C@H](C)Nc1nc(NCc2cccc(Br)c2)cc(-c2cccc(OC(F)(F)F)c2)n1. The second-order valence-corrected chi connectivity index (χ2v) is 7.89. The molecule has 9 heteroatoms. The molecule has 164 valence electrons. The number of nitrogens with zero attached hydrogens (tertiary/aromatic N) is 2. The molecule has 2 N–H and O–H groups in total. The summed E-state index contributed by atoms with van der Waals surface area (Å²) in [5, 5.41) is 6.48. The van der Waals surface area contributed by atoms with E-state index < -0.39 is 6.36 Å². The first-order valence-corrected chi connectivity index (χ1v) is 10.5. The van der Waals surface area contributed by atoms with E-state index in [1.165, 1.54) is 18.2 Å². The van der Waals surface area contributed by atoms with Crippen molar-refractivity contribution in [2.24, 2.45) is 0 Å². The predicted molar refractivity (Wildman–Crippen MR) is 119 cm³/mol. The third-order valence-electron chi connectivity index (χ3n) is 4.44. The molecule has 0 saturated heterocycles. The molecule has 1 heterocycles. The molecule has 1 atom stereocenters. The maximum atomic E-state index is 12.6. The molecule has 0 aliphatic heterocycles. The molecule has 0 spiro atoms. The van der Waals surface area contributed by atoms with Gasteiger partial charge in [0, 0.05) is 28.7 Å². The van der Waals surface area contributed by atoms with Crippen LogP contribution in [0.25, 0.3) is 11.3 Å². The second kappa shape index (κ2) is 10.00. The van der Waals surface area contributed by atoms with Gasteiger partial charge >= 0.3 is 6.36 Å². The summed E-state index contributed by atoms with van der Waals surface area (Å²) in [6.45, 7) is 4.56. The number of nitrogens with one attached hydrogen (secondary N) is 2. The van der Waals surface area contributed by atoms with E-state index in [0.717, 1.165) is 16.5 Å². The van der Waals surface area contributed by atoms with Gasteiger partial charge in [-0.1, -0.05) is 47.1 Å². The van der Waals surface area contributed by atoms with E-state index in [1.54, 1.807) is 12.1 Å². The lowest BCUT2D eigenvalue weighted by molar-refractivity contribution is -0.274. The van der Waals surface area contributed by atoms with Crippen molar-refractivity contribution in [3.63, 3.8) is 0 Å². The number of hydrogen-bond donors (Lipinski definition) is 2. The normalized spacial score (nSPS) is 12.3. The van der Waals surface area contributed by atoms with Crippen LogP contribution in [-0.2, 0) is 6.54 Å². The molecule has 0 saturated carbocycles. The zero-order chi connectivity index (χ0) is 22.4. The number of anilines is 2. The molecule has 0 fully saturated rings. The fourth-order valence-electron chi connectivity index (χ4n) is 2.76. The highest BCUT2D eigenvalue weighted by Gasteiger charge is 2.31. The Morgan fingerprint density at radius 2 is 1.84 bits per heavy atom. The third-order valence-corrected chi connectivity index (χ3v) is 4.93. The summed E-state index contributed by atoms with van der Waals surface area (Å²) in [7, 11) is 0. The van der Waals surface area contributed by atoms with E-state index in [4.69, 9.17) is 0 Å². The van der Waals surface area contributed by atoms with Crippen LogP contribution >= 0.6 is 15.9 Å². The second-order valence-electron chi connectivity index (χ2n) is 6.97. The number of hydrogen-bond acceptors (Lipinski definition) is 5. The van der Waals surface area contributed by atoms with E-state index in [-0.39, 0.29) is 11.8 Å². The third kappa shape index (κ3) is 7.13. The van der Waals surface area contributed by atoms with Gasteiger partial charge in [-0.25, -0.2) is 4.98 Å². The Balaban J connectivity index is 1.90. The highest BCUT2D eigenvalue weighted by Crippen LogP contribution is 2.29. The van der Waals surface area contributed by atoms with Crippen molar-refractivity contribution in [3.8, 4) is 17.0 Å². The Morgan fingerprint density at radius 3 is 2.55 bits per heavy atom. The van der Waals surface area contributed by atoms with Crippen molar-refractivity contribution in [1.29, 1.82) is 0 Å². The van der Waals surface area contributed by atoms with Crippen molar-refractivity contribution in [1.82, 2.24) is 9.97 Å². The highest BCUT2D eigenvalue weighted by molar-refractivity contribution is 9.10. The Labute approximate surface area is 187 Å². The molecule has 5 nitrogen and oxygen atoms in total. The molecule has 2 aromatic carbocycles. The van der Waals surface area contributed by atoms with Crippen LogP contribution in [0.15, 0.2) is 59.1 Å². The maximum Gasteiger partial charge on any atom is 0.573 e. The molecule has 0 bridgehead atoms. The smallest absolute Gasteiger partial charge is 0.406 e. The average molecular weight is 495 g/mol. The molecule has 0 aliphatic carbocycles. The van der Waals surface area contributed by atoms with Crippen molar-refractivity contribution in [2.45, 2.75) is 39.2 Å². The molecule has 0 aliphatic rings. The van der Waals surface area contributed by atoms with E-state index in [1.807, 2.05) is 38.1 Å². The van der Waals surface area contributed by atoms with Crippen molar-refractivity contribution in [2.75, 3.05) is 10.6 Å². The minimum Gasteiger partial charge on any atom is -0.406 e. The van der Waals surface area contributed by atoms with Crippen LogP contribution in [0.5, 0.6) is 5.75 Å². The zero-order valence-corrected chi connectivity index (χ0v) is 18.6. The van der Waals surface area contributed by atoms with Crippen molar-refractivity contribution < 1.29 is 17.9 Å². The molecule has 0 radical (unpaired) electrons. The van der Waals surface area contributed by atoms with Gasteiger partial charge in [-0.3, -0.25) is 0 Å². The van der Waals surface area contributed by atoms with Crippen LogP contribution in [0, 0.1) is 0 Å². The Bertz CT molecular complexity index is 1030. The number of ether oxygens (including phenoxy) is 1. The average Bonchev–Trinajstić information content (AvgIpc) is 2.71. The van der Waals surface area contributed by atoms with Crippen LogP contribution in [0.1, 0.15) is 25.8 Å². The molecular formula is C22H22BrF3N4O. The van der Waals surface area contributed by atoms with Crippen LogP contribution in [0.2, 0.25) is 0 Å². The van der Waals surface area contributed by atoms with Gasteiger partial charge in [0.25, 0.3) is 0 Å². The van der Waals surface area contributed by atoms with Gasteiger partial charge in [-0.05, 0) is 43.2 Å². The molecule has 3 aromatic rings. The number of halogens is 4. The van der Waals surface area contributed by atoms with Crippen molar-refractivity contribution in [3.05, 3.63) is 64.6 Å². The van der Waals surface area contributed by atoms with Gasteiger partial charge in [0.15, 0.2) is 0 Å². The fourth-order valence-corrected chi connectivity index (χ4v) is 3.21. The molecule has 31 heavy (non-hydrogen) atoms. The molecule has 0 unspecified atom stereocenters. The number of aromatic nitrogens is 2. The largest absolute Gasteiger partial charge is 0.573 e. The lowest BCUT2D eigenvalue weighted by Gasteiger charge is -2.15. The van der Waals surface area contributed by atoms with E-state index in [0.29, 0.717) is 29.6 Å². The van der Waals surface area contributed by atoms with Gasteiger partial charge < -0.3 is 15.4 Å². The van der Waals surface area contributed by atoms with E-state index in [9.17, 15) is 13.2 Å². The van der Waals surface area contributed by atoms with Gasteiger partial charge in [-0.15, -0.1) is 13.2 Å². The van der Waals surface area contributed by atoms with Gasteiger partial charge in [-0.2, -0.15) is 4.98 Å². The standard InChI is InChI=1S/C22H22BrF3N4O/c1-3-14(2)28-21-29-19(16-7-5-9-18(11-16)31-22(24,25)26)12-20(30-21)27-13-15-6-4-8-17(23)10-15/h4-12,14H,3,13H2,1-2H3,(H2,27,28,29,30)/t14-/m0/s1.